The zero-order valence-electron chi connectivity index (χ0n) is 14.6. The second-order valence-corrected chi connectivity index (χ2v) is 8.70. The number of sulfonamides is 1. The van der Waals surface area contributed by atoms with E-state index in [2.05, 4.69) is 20.7 Å². The van der Waals surface area contributed by atoms with Crippen molar-refractivity contribution in [3.8, 4) is 5.75 Å². The summed E-state index contributed by atoms with van der Waals surface area (Å²) in [6.45, 7) is 3.42. The minimum atomic E-state index is -3.85. The molecule has 2 aromatic rings. The third-order valence-corrected chi connectivity index (χ3v) is 6.64. The number of methoxy groups -OCH3 is 1. The van der Waals surface area contributed by atoms with Crippen LogP contribution in [0.2, 0.25) is 0 Å². The van der Waals surface area contributed by atoms with Crippen molar-refractivity contribution < 1.29 is 17.9 Å². The third kappa shape index (κ3) is 3.43. The fraction of sp³-hybridized carbons (Fsp3) is 0.278. The second-order valence-electron chi connectivity index (χ2n) is 6.19. The summed E-state index contributed by atoms with van der Waals surface area (Å²) >= 11 is 3.36. The van der Waals surface area contributed by atoms with E-state index in [1.165, 1.54) is 14.0 Å². The lowest BCUT2D eigenvalue weighted by Crippen LogP contribution is -2.33. The standard InChI is InChI=1S/C18H19BrN2O4S/c1-11-7-13-8-16(19)18(10-17(13)21(11)12(2)22)26(23,24)20-14-5-4-6-15(9-14)25-3/h4-6,8-11,20H,7H2,1-3H3/t11-/m0/s1. The molecule has 6 nitrogen and oxygen atoms in total. The summed E-state index contributed by atoms with van der Waals surface area (Å²) in [5.41, 5.74) is 1.98. The number of nitrogens with one attached hydrogen (secondary N) is 1. The molecule has 1 atom stereocenters. The van der Waals surface area contributed by atoms with E-state index in [-0.39, 0.29) is 16.8 Å². The SMILES string of the molecule is COc1cccc(NS(=O)(=O)c2cc3c(cc2Br)C[C@H](C)N3C(C)=O)c1. The highest BCUT2D eigenvalue weighted by Crippen LogP contribution is 2.38. The molecule has 138 valence electrons. The van der Waals surface area contributed by atoms with Gasteiger partial charge in [-0.25, -0.2) is 8.42 Å². The van der Waals surface area contributed by atoms with Gasteiger partial charge in [0.1, 0.15) is 10.6 Å². The summed E-state index contributed by atoms with van der Waals surface area (Å²) in [4.78, 5) is 13.7. The van der Waals surface area contributed by atoms with Gasteiger partial charge in [0.25, 0.3) is 10.0 Å². The highest BCUT2D eigenvalue weighted by atomic mass is 79.9. The number of nitrogens with zero attached hydrogens (tertiary/aromatic N) is 1. The van der Waals surface area contributed by atoms with Crippen molar-refractivity contribution in [2.75, 3.05) is 16.7 Å². The smallest absolute Gasteiger partial charge is 0.263 e. The lowest BCUT2D eigenvalue weighted by molar-refractivity contribution is -0.116. The number of ether oxygens (including phenoxy) is 1. The molecule has 26 heavy (non-hydrogen) atoms. The highest BCUT2D eigenvalue weighted by Gasteiger charge is 2.32. The van der Waals surface area contributed by atoms with Crippen molar-refractivity contribution in [3.63, 3.8) is 0 Å². The van der Waals surface area contributed by atoms with Gasteiger partial charge in [0.15, 0.2) is 0 Å². The van der Waals surface area contributed by atoms with Crippen molar-refractivity contribution in [2.24, 2.45) is 0 Å². The van der Waals surface area contributed by atoms with Crippen molar-refractivity contribution in [1.82, 2.24) is 0 Å². The van der Waals surface area contributed by atoms with Crippen LogP contribution in [0.1, 0.15) is 19.4 Å². The maximum Gasteiger partial charge on any atom is 0.263 e. The quantitative estimate of drug-likeness (QED) is 0.791. The van der Waals surface area contributed by atoms with Crippen LogP contribution in [-0.2, 0) is 21.2 Å². The van der Waals surface area contributed by atoms with Crippen molar-refractivity contribution in [3.05, 3.63) is 46.4 Å². The Morgan fingerprint density at radius 1 is 1.31 bits per heavy atom. The molecular weight excluding hydrogens is 420 g/mol. The van der Waals surface area contributed by atoms with Crippen molar-refractivity contribution in [2.45, 2.75) is 31.2 Å². The van der Waals surface area contributed by atoms with E-state index < -0.39 is 10.0 Å². The molecule has 0 radical (unpaired) electrons. The summed E-state index contributed by atoms with van der Waals surface area (Å²) in [5, 5.41) is 0. The van der Waals surface area contributed by atoms with Gasteiger partial charge in [-0.05, 0) is 59.1 Å². The number of hydrogen-bond acceptors (Lipinski definition) is 4. The van der Waals surface area contributed by atoms with Gasteiger partial charge >= 0.3 is 0 Å². The van der Waals surface area contributed by atoms with E-state index in [0.717, 1.165) is 5.56 Å². The number of rotatable bonds is 4. The zero-order valence-corrected chi connectivity index (χ0v) is 17.0. The second kappa shape index (κ2) is 6.92. The van der Waals surface area contributed by atoms with Gasteiger partial charge in [-0.1, -0.05) is 6.07 Å². The van der Waals surface area contributed by atoms with E-state index in [4.69, 9.17) is 4.74 Å². The van der Waals surface area contributed by atoms with Crippen LogP contribution in [0.4, 0.5) is 11.4 Å². The Labute approximate surface area is 161 Å². The molecule has 1 aliphatic rings. The number of hydrogen-bond donors (Lipinski definition) is 1. The maximum atomic E-state index is 12.9. The Kier molecular flexibility index (Phi) is 4.98. The molecule has 1 heterocycles. The molecule has 3 rings (SSSR count). The van der Waals surface area contributed by atoms with Gasteiger partial charge in [-0.3, -0.25) is 9.52 Å². The summed E-state index contributed by atoms with van der Waals surface area (Å²) in [7, 11) is -2.33. The van der Waals surface area contributed by atoms with Gasteiger partial charge in [0, 0.05) is 29.2 Å². The zero-order chi connectivity index (χ0) is 19.1. The normalized spacial score (nSPS) is 16.3. The van der Waals surface area contributed by atoms with E-state index in [9.17, 15) is 13.2 Å². The molecule has 0 unspecified atom stereocenters. The largest absolute Gasteiger partial charge is 0.497 e. The van der Waals surface area contributed by atoms with Gasteiger partial charge < -0.3 is 9.64 Å². The van der Waals surface area contributed by atoms with E-state index >= 15 is 0 Å². The van der Waals surface area contributed by atoms with Crippen molar-refractivity contribution in [1.29, 1.82) is 0 Å². The molecule has 8 heteroatoms. The molecule has 0 saturated heterocycles. The summed E-state index contributed by atoms with van der Waals surface area (Å²) < 4.78 is 33.9. The van der Waals surface area contributed by atoms with Crippen LogP contribution in [0, 0.1) is 0 Å². The lowest BCUT2D eigenvalue weighted by Gasteiger charge is -2.21. The number of amides is 1. The molecule has 1 N–H and O–H groups in total. The lowest BCUT2D eigenvalue weighted by atomic mass is 10.1. The van der Waals surface area contributed by atoms with Crippen LogP contribution >= 0.6 is 15.9 Å². The maximum absolute atomic E-state index is 12.9. The number of benzene rings is 2. The monoisotopic (exact) mass is 438 g/mol. The average molecular weight is 439 g/mol. The van der Waals surface area contributed by atoms with Crippen LogP contribution in [0.5, 0.6) is 5.75 Å². The molecule has 0 bridgehead atoms. The predicted molar refractivity (Wildman–Crippen MR) is 104 cm³/mol. The number of halogens is 1. The van der Waals surface area contributed by atoms with E-state index in [1.807, 2.05) is 6.92 Å². The number of fused-ring (bicyclic) bond motifs is 1. The Morgan fingerprint density at radius 2 is 2.04 bits per heavy atom. The average Bonchev–Trinajstić information content (AvgIpc) is 2.88. The van der Waals surface area contributed by atoms with Gasteiger partial charge in [-0.2, -0.15) is 0 Å². The molecule has 0 aliphatic carbocycles. The molecule has 0 spiro atoms. The topological polar surface area (TPSA) is 75.7 Å². The number of carbonyl (C=O) groups is 1. The number of anilines is 2. The summed E-state index contributed by atoms with van der Waals surface area (Å²) in [6.07, 6.45) is 0.692. The minimum Gasteiger partial charge on any atom is -0.497 e. The van der Waals surface area contributed by atoms with Crippen LogP contribution in [0.15, 0.2) is 45.8 Å². The van der Waals surface area contributed by atoms with E-state index in [1.54, 1.807) is 41.3 Å². The van der Waals surface area contributed by atoms with Crippen LogP contribution in [0.25, 0.3) is 0 Å². The van der Waals surface area contributed by atoms with Gasteiger partial charge in [0.05, 0.1) is 12.8 Å². The number of carbonyl (C=O) groups excluding carboxylic acids is 1. The molecular formula is C18H19BrN2O4S. The Balaban J connectivity index is 2.02. The molecule has 0 saturated carbocycles. The molecule has 1 amide bonds. The van der Waals surface area contributed by atoms with Crippen LogP contribution in [0.3, 0.4) is 0 Å². The first-order valence-corrected chi connectivity index (χ1v) is 10.3. The summed E-state index contributed by atoms with van der Waals surface area (Å²) in [5.74, 6) is 0.442. The van der Waals surface area contributed by atoms with Gasteiger partial charge in [-0.15, -0.1) is 0 Å². The first-order valence-electron chi connectivity index (χ1n) is 8.02. The van der Waals surface area contributed by atoms with Crippen molar-refractivity contribution >= 4 is 43.2 Å². The Bertz CT molecular complexity index is 975. The third-order valence-electron chi connectivity index (χ3n) is 4.30. The molecule has 0 fully saturated rings. The highest BCUT2D eigenvalue weighted by molar-refractivity contribution is 9.10. The Hall–Kier alpha value is -2.06. The molecule has 1 aliphatic heterocycles. The fourth-order valence-corrected chi connectivity index (χ4v) is 5.36. The predicted octanol–water partition coefficient (Wildman–Crippen LogP) is 3.56. The molecule has 0 aromatic heterocycles. The first kappa shape index (κ1) is 18.7. The van der Waals surface area contributed by atoms with Crippen LogP contribution in [-0.4, -0.2) is 27.5 Å². The summed E-state index contributed by atoms with van der Waals surface area (Å²) in [6, 6.07) is 10.00. The molecule has 2 aromatic carbocycles. The minimum absolute atomic E-state index is 0.00121. The van der Waals surface area contributed by atoms with E-state index in [0.29, 0.717) is 28.0 Å². The Morgan fingerprint density at radius 3 is 2.69 bits per heavy atom. The van der Waals surface area contributed by atoms with Crippen LogP contribution < -0.4 is 14.4 Å². The first-order chi connectivity index (χ1) is 12.2. The fourth-order valence-electron chi connectivity index (χ4n) is 3.20. The van der Waals surface area contributed by atoms with Gasteiger partial charge in [0.2, 0.25) is 5.91 Å².